The number of nitrogens with one attached hydrogen (secondary N) is 4. The average Bonchev–Trinajstić information content (AvgIpc) is 3.59. The highest BCUT2D eigenvalue weighted by atomic mass is 16.3. The zero-order chi connectivity index (χ0) is 35.7. The predicted molar refractivity (Wildman–Crippen MR) is 198 cm³/mol. The van der Waals surface area contributed by atoms with Gasteiger partial charge < -0.3 is 26.0 Å². The number of rotatable bonds is 10. The fraction of sp³-hybridized carbons (Fsp3) is 0.514. The number of aromatic nitrogens is 3. The van der Waals surface area contributed by atoms with Crippen molar-refractivity contribution in [2.75, 3.05) is 36.5 Å². The Balaban J connectivity index is 1.32. The number of aliphatic hydroxyl groups is 1. The number of anilines is 2. The van der Waals surface area contributed by atoms with E-state index in [2.05, 4.69) is 81.4 Å². The molecule has 2 aliphatic heterocycles. The third kappa shape index (κ3) is 7.85. The largest absolute Gasteiger partial charge is 0.396 e. The minimum Gasteiger partial charge on any atom is -0.396 e. The topological polar surface area (TPSA) is 156 Å². The fourth-order valence-electron chi connectivity index (χ4n) is 6.60. The van der Waals surface area contributed by atoms with Crippen LogP contribution in [-0.4, -0.2) is 75.1 Å². The van der Waals surface area contributed by atoms with Gasteiger partial charge in [-0.1, -0.05) is 52.8 Å². The summed E-state index contributed by atoms with van der Waals surface area (Å²) in [6.45, 7) is 20.4. The van der Waals surface area contributed by atoms with Crippen molar-refractivity contribution in [1.29, 1.82) is 5.41 Å². The number of aryl methyl sites for hydroxylation is 2. The van der Waals surface area contributed by atoms with Gasteiger partial charge in [-0.25, -0.2) is 9.98 Å². The van der Waals surface area contributed by atoms with Gasteiger partial charge in [0.25, 0.3) is 0 Å². The summed E-state index contributed by atoms with van der Waals surface area (Å²) >= 11 is 0. The van der Waals surface area contributed by atoms with Crippen LogP contribution in [0.2, 0.25) is 0 Å². The Morgan fingerprint density at radius 3 is 2.59 bits per heavy atom. The first-order valence-electron chi connectivity index (χ1n) is 17.2. The number of aliphatic imine (C=N–C) groups is 1. The molecule has 0 bridgehead atoms. The second-order valence-corrected chi connectivity index (χ2v) is 15.1. The van der Waals surface area contributed by atoms with E-state index < -0.39 is 0 Å². The molecule has 0 saturated carbocycles. The van der Waals surface area contributed by atoms with Gasteiger partial charge in [-0.15, -0.1) is 9.89 Å². The van der Waals surface area contributed by atoms with Crippen LogP contribution in [0.5, 0.6) is 0 Å². The highest BCUT2D eigenvalue weighted by Crippen LogP contribution is 2.46. The van der Waals surface area contributed by atoms with E-state index in [1.165, 1.54) is 11.3 Å². The molecule has 0 radical (unpaired) electrons. The van der Waals surface area contributed by atoms with Crippen molar-refractivity contribution in [3.05, 3.63) is 64.7 Å². The standard InChI is InChI=1S/C37H52N10O2/c1-22-13-10-11-14-27(22)42-35(38)40-21-30(49)39-20-25(4)33-43-34-31(32(36(5,6)7)44-47(34)45-33)41-28-18-26-24(3)19-37(8,9)46(15-12-16-48)29(26)17-23(28)2/h10-11,13-14,17-18,24-25,48H,12,15-16,19-21H2,1-9H3,(H,39,49)(H3,38,40,42)/b41-31-. The normalized spacial score (nSPS) is 18.1. The maximum atomic E-state index is 12.6. The van der Waals surface area contributed by atoms with E-state index >= 15 is 0 Å². The summed E-state index contributed by atoms with van der Waals surface area (Å²) in [7, 11) is 0. The number of amides is 1. The van der Waals surface area contributed by atoms with Crippen molar-refractivity contribution < 1.29 is 9.90 Å². The van der Waals surface area contributed by atoms with Gasteiger partial charge in [0.1, 0.15) is 5.71 Å². The minimum absolute atomic E-state index is 0.0137. The smallest absolute Gasteiger partial charge is 0.239 e. The number of carbonyl (C=O) groups is 1. The van der Waals surface area contributed by atoms with Crippen molar-refractivity contribution >= 4 is 40.4 Å². The van der Waals surface area contributed by atoms with Crippen LogP contribution in [0.15, 0.2) is 46.5 Å². The van der Waals surface area contributed by atoms with Gasteiger partial charge in [-0.2, -0.15) is 5.10 Å². The molecule has 12 nitrogen and oxygen atoms in total. The van der Waals surface area contributed by atoms with E-state index in [1.54, 1.807) is 4.79 Å². The quantitative estimate of drug-likeness (QED) is 0.139. The molecule has 0 saturated heterocycles. The minimum atomic E-state index is -0.295. The number of aliphatic hydroxyl groups excluding tert-OH is 1. The Morgan fingerprint density at radius 2 is 1.90 bits per heavy atom. The van der Waals surface area contributed by atoms with Crippen LogP contribution in [0, 0.1) is 24.7 Å². The van der Waals surface area contributed by atoms with Gasteiger partial charge in [0, 0.05) is 47.9 Å². The van der Waals surface area contributed by atoms with Gasteiger partial charge in [0.05, 0.1) is 17.9 Å². The summed E-state index contributed by atoms with van der Waals surface area (Å²) in [6, 6.07) is 12.1. The monoisotopic (exact) mass is 668 g/mol. The number of para-hydroxylation sites is 1. The van der Waals surface area contributed by atoms with E-state index in [-0.39, 0.29) is 41.9 Å². The summed E-state index contributed by atoms with van der Waals surface area (Å²) in [6.07, 6.45) is 1.73. The van der Waals surface area contributed by atoms with Crippen LogP contribution in [0.3, 0.4) is 0 Å². The molecule has 0 fully saturated rings. The maximum Gasteiger partial charge on any atom is 0.239 e. The SMILES string of the molecule is Cc1cc2c(cc1/N=C1/C(C(C)(C)C)=Nn3nc(C(C)CNC(=O)CNC(=N)Nc4ccccc4C)nc31)C(C)CC(C)(C)N2CCCO. The van der Waals surface area contributed by atoms with Gasteiger partial charge in [-0.3, -0.25) is 10.2 Å². The van der Waals surface area contributed by atoms with Crippen molar-refractivity contribution in [3.8, 4) is 0 Å². The Morgan fingerprint density at radius 1 is 1.16 bits per heavy atom. The lowest BCUT2D eigenvalue weighted by Gasteiger charge is -2.48. The van der Waals surface area contributed by atoms with E-state index in [0.29, 0.717) is 29.8 Å². The van der Waals surface area contributed by atoms with Crippen LogP contribution in [0.1, 0.15) is 101 Å². The molecule has 1 amide bonds. The lowest BCUT2D eigenvalue weighted by atomic mass is 9.79. The Labute approximate surface area is 290 Å². The van der Waals surface area contributed by atoms with E-state index in [0.717, 1.165) is 47.6 Å². The summed E-state index contributed by atoms with van der Waals surface area (Å²) in [5.74, 6) is 1.15. The first-order valence-corrected chi connectivity index (χ1v) is 17.2. The van der Waals surface area contributed by atoms with E-state index in [1.807, 2.05) is 38.1 Å². The molecule has 12 heteroatoms. The molecule has 1 aromatic heterocycles. The Bertz CT molecular complexity index is 1780. The molecule has 2 aliphatic rings. The second-order valence-electron chi connectivity index (χ2n) is 15.1. The molecule has 262 valence electrons. The highest BCUT2D eigenvalue weighted by molar-refractivity contribution is 6.50. The number of guanidine groups is 1. The predicted octanol–water partition coefficient (Wildman–Crippen LogP) is 5.61. The third-order valence-corrected chi connectivity index (χ3v) is 9.30. The molecule has 0 spiro atoms. The van der Waals surface area contributed by atoms with Crippen LogP contribution in [0.25, 0.3) is 0 Å². The lowest BCUT2D eigenvalue weighted by Crippen LogP contribution is -2.49. The summed E-state index contributed by atoms with van der Waals surface area (Å²) < 4.78 is 0. The lowest BCUT2D eigenvalue weighted by molar-refractivity contribution is -0.120. The zero-order valence-corrected chi connectivity index (χ0v) is 30.4. The molecular formula is C37H52N10O2. The van der Waals surface area contributed by atoms with Crippen LogP contribution in [-0.2, 0) is 4.79 Å². The Kier molecular flexibility index (Phi) is 10.3. The van der Waals surface area contributed by atoms with Crippen LogP contribution < -0.4 is 20.9 Å². The maximum absolute atomic E-state index is 12.6. The van der Waals surface area contributed by atoms with Crippen molar-refractivity contribution in [1.82, 2.24) is 25.5 Å². The first-order chi connectivity index (χ1) is 23.1. The zero-order valence-electron chi connectivity index (χ0n) is 30.4. The first kappa shape index (κ1) is 35.7. The number of benzene rings is 2. The highest BCUT2D eigenvalue weighted by Gasteiger charge is 2.38. The molecule has 0 aliphatic carbocycles. The molecule has 3 aromatic rings. The molecule has 2 atom stereocenters. The van der Waals surface area contributed by atoms with Gasteiger partial charge >= 0.3 is 0 Å². The van der Waals surface area contributed by atoms with Crippen LogP contribution >= 0.6 is 0 Å². The van der Waals surface area contributed by atoms with Crippen molar-refractivity contribution in [2.45, 2.75) is 92.5 Å². The van der Waals surface area contributed by atoms with Gasteiger partial charge in [0.15, 0.2) is 11.8 Å². The van der Waals surface area contributed by atoms with Gasteiger partial charge in [0.2, 0.25) is 11.7 Å². The number of nitrogens with zero attached hydrogens (tertiary/aromatic N) is 6. The third-order valence-electron chi connectivity index (χ3n) is 9.30. The summed E-state index contributed by atoms with van der Waals surface area (Å²) in [5, 5.41) is 36.0. The van der Waals surface area contributed by atoms with Crippen molar-refractivity contribution in [2.24, 2.45) is 15.5 Å². The van der Waals surface area contributed by atoms with E-state index in [9.17, 15) is 9.90 Å². The van der Waals surface area contributed by atoms with Crippen molar-refractivity contribution in [3.63, 3.8) is 0 Å². The van der Waals surface area contributed by atoms with Crippen LogP contribution in [0.4, 0.5) is 17.1 Å². The average molecular weight is 669 g/mol. The molecule has 5 rings (SSSR count). The molecule has 3 heterocycles. The second kappa shape index (κ2) is 14.1. The van der Waals surface area contributed by atoms with Gasteiger partial charge in [-0.05, 0) is 81.3 Å². The molecule has 5 N–H and O–H groups in total. The Hall–Kier alpha value is -4.58. The fourth-order valence-corrected chi connectivity index (χ4v) is 6.60. The molecule has 49 heavy (non-hydrogen) atoms. The summed E-state index contributed by atoms with van der Waals surface area (Å²) in [4.78, 5) is 26.8. The van der Waals surface area contributed by atoms with E-state index in [4.69, 9.17) is 25.6 Å². The number of carbonyl (C=O) groups excluding carboxylic acids is 1. The number of hydrogen-bond donors (Lipinski definition) is 5. The number of fused-ring (bicyclic) bond motifs is 2. The molecular weight excluding hydrogens is 616 g/mol. The number of hydrogen-bond acceptors (Lipinski definition) is 8. The molecule has 2 unspecified atom stereocenters. The molecule has 2 aromatic carbocycles. The summed E-state index contributed by atoms with van der Waals surface area (Å²) in [5.41, 5.74) is 7.45.